The predicted octanol–water partition coefficient (Wildman–Crippen LogP) is 3.37. The lowest BCUT2D eigenvalue weighted by atomic mass is 9.92. The van der Waals surface area contributed by atoms with Crippen LogP contribution < -0.4 is 0 Å². The number of carbonyl (C=O) groups excluding carboxylic acids is 1. The van der Waals surface area contributed by atoms with Crippen LogP contribution in [-0.4, -0.2) is 39.3 Å². The second-order valence-electron chi connectivity index (χ2n) is 6.36. The Morgan fingerprint density at radius 2 is 1.83 bits per heavy atom. The Balaban J connectivity index is 1.49. The molecule has 24 heavy (non-hydrogen) atoms. The minimum Gasteiger partial charge on any atom is -0.339 e. The van der Waals surface area contributed by atoms with E-state index in [2.05, 4.69) is 45.7 Å². The van der Waals surface area contributed by atoms with E-state index in [4.69, 9.17) is 0 Å². The average Bonchev–Trinajstić information content (AvgIpc) is 2.96. The lowest BCUT2D eigenvalue weighted by Crippen LogP contribution is -2.31. The molecule has 0 saturated carbocycles. The molecule has 2 heterocycles. The smallest absolute Gasteiger partial charge is 0.253 e. The first kappa shape index (κ1) is 14.9. The van der Waals surface area contributed by atoms with Crippen LogP contribution in [0.5, 0.6) is 0 Å². The second kappa shape index (κ2) is 6.43. The molecule has 0 spiro atoms. The molecule has 0 radical (unpaired) electrons. The maximum Gasteiger partial charge on any atom is 0.253 e. The molecule has 0 bridgehead atoms. The van der Waals surface area contributed by atoms with Gasteiger partial charge in [-0.3, -0.25) is 4.79 Å². The topological polar surface area (TPSA) is 61.9 Å². The lowest BCUT2D eigenvalue weighted by molar-refractivity contribution is 0.0761. The van der Waals surface area contributed by atoms with Crippen molar-refractivity contribution in [1.82, 2.24) is 20.3 Å². The predicted molar refractivity (Wildman–Crippen MR) is 92.8 cm³/mol. The Morgan fingerprint density at radius 1 is 1.00 bits per heavy atom. The fraction of sp³-hybridized carbons (Fsp3) is 0.316. The van der Waals surface area contributed by atoms with Crippen molar-refractivity contribution in [3.05, 3.63) is 59.7 Å². The maximum atomic E-state index is 12.8. The van der Waals surface area contributed by atoms with Crippen molar-refractivity contribution in [3.63, 3.8) is 0 Å². The summed E-state index contributed by atoms with van der Waals surface area (Å²) in [5.74, 6) is 0.635. The van der Waals surface area contributed by atoms with Gasteiger partial charge in [-0.15, -0.1) is 0 Å². The number of hydrogen-bond acceptors (Lipinski definition) is 3. The third kappa shape index (κ3) is 2.89. The highest BCUT2D eigenvalue weighted by Gasteiger charge is 2.22. The largest absolute Gasteiger partial charge is 0.339 e. The summed E-state index contributed by atoms with van der Waals surface area (Å²) in [6, 6.07) is 16.1. The van der Waals surface area contributed by atoms with Crippen LogP contribution in [0.4, 0.5) is 0 Å². The van der Waals surface area contributed by atoms with E-state index in [-0.39, 0.29) is 5.91 Å². The molecule has 1 atom stereocenters. The fourth-order valence-electron chi connectivity index (χ4n) is 3.51. The zero-order chi connectivity index (χ0) is 16.4. The van der Waals surface area contributed by atoms with Gasteiger partial charge in [-0.25, -0.2) is 0 Å². The van der Waals surface area contributed by atoms with Gasteiger partial charge >= 0.3 is 0 Å². The summed E-state index contributed by atoms with van der Waals surface area (Å²) in [6.45, 7) is 1.62. The molecule has 2 aromatic carbocycles. The van der Waals surface area contributed by atoms with Crippen molar-refractivity contribution >= 4 is 16.9 Å². The standard InChI is InChI=1S/C19H20N4O/c24-19(16-8-9-17-18(13-16)21-22-20-17)23-11-4-7-15(10-12-23)14-5-2-1-3-6-14/h1-3,5-6,8-9,13,15H,4,7,10-12H2,(H,20,21,22). The molecular weight excluding hydrogens is 300 g/mol. The van der Waals surface area contributed by atoms with Gasteiger partial charge in [0.15, 0.2) is 0 Å². The van der Waals surface area contributed by atoms with E-state index in [9.17, 15) is 4.79 Å². The van der Waals surface area contributed by atoms with E-state index < -0.39 is 0 Å². The average molecular weight is 320 g/mol. The highest BCUT2D eigenvalue weighted by molar-refractivity contribution is 5.97. The minimum atomic E-state index is 0.0913. The van der Waals surface area contributed by atoms with Crippen molar-refractivity contribution in [2.75, 3.05) is 13.1 Å². The van der Waals surface area contributed by atoms with Gasteiger partial charge in [0.1, 0.15) is 11.0 Å². The summed E-state index contributed by atoms with van der Waals surface area (Å²) >= 11 is 0. The first-order valence-electron chi connectivity index (χ1n) is 8.46. The molecule has 1 amide bonds. The third-order valence-electron chi connectivity index (χ3n) is 4.85. The summed E-state index contributed by atoms with van der Waals surface area (Å²) in [6.07, 6.45) is 3.19. The first-order chi connectivity index (χ1) is 11.8. The molecule has 0 aliphatic carbocycles. The molecule has 122 valence electrons. The summed E-state index contributed by atoms with van der Waals surface area (Å²) in [4.78, 5) is 14.8. The van der Waals surface area contributed by atoms with Gasteiger partial charge in [0.25, 0.3) is 5.91 Å². The Morgan fingerprint density at radius 3 is 2.71 bits per heavy atom. The number of fused-ring (bicyclic) bond motifs is 1. The van der Waals surface area contributed by atoms with E-state index in [0.717, 1.165) is 43.4 Å². The quantitative estimate of drug-likeness (QED) is 0.787. The number of carbonyl (C=O) groups is 1. The van der Waals surface area contributed by atoms with E-state index >= 15 is 0 Å². The SMILES string of the molecule is O=C(c1ccc2n[nH]nc2c1)N1CCCC(c2ccccc2)CC1. The molecule has 1 aromatic heterocycles. The zero-order valence-corrected chi connectivity index (χ0v) is 13.5. The molecule has 5 nitrogen and oxygen atoms in total. The molecule has 3 aromatic rings. The zero-order valence-electron chi connectivity index (χ0n) is 13.5. The van der Waals surface area contributed by atoms with Crippen molar-refractivity contribution in [3.8, 4) is 0 Å². The number of rotatable bonds is 2. The van der Waals surface area contributed by atoms with Gasteiger partial charge in [-0.05, 0) is 48.9 Å². The molecule has 4 rings (SSSR count). The monoisotopic (exact) mass is 320 g/mol. The summed E-state index contributed by atoms with van der Waals surface area (Å²) < 4.78 is 0. The number of nitrogens with zero attached hydrogens (tertiary/aromatic N) is 3. The van der Waals surface area contributed by atoms with Crippen molar-refractivity contribution in [2.24, 2.45) is 0 Å². The van der Waals surface area contributed by atoms with Crippen molar-refractivity contribution in [1.29, 1.82) is 0 Å². The number of hydrogen-bond donors (Lipinski definition) is 1. The van der Waals surface area contributed by atoms with E-state index in [0.29, 0.717) is 11.5 Å². The fourth-order valence-corrected chi connectivity index (χ4v) is 3.51. The summed E-state index contributed by atoms with van der Waals surface area (Å²) in [7, 11) is 0. The van der Waals surface area contributed by atoms with Crippen LogP contribution in [0, 0.1) is 0 Å². The third-order valence-corrected chi connectivity index (χ3v) is 4.85. The van der Waals surface area contributed by atoms with Gasteiger partial charge in [-0.1, -0.05) is 30.3 Å². The molecule has 1 N–H and O–H groups in total. The highest BCUT2D eigenvalue weighted by Crippen LogP contribution is 2.28. The van der Waals surface area contributed by atoms with Gasteiger partial charge in [-0.2, -0.15) is 15.4 Å². The van der Waals surface area contributed by atoms with Crippen LogP contribution in [0.2, 0.25) is 0 Å². The number of aromatic nitrogens is 3. The van der Waals surface area contributed by atoms with Gasteiger partial charge in [0, 0.05) is 18.7 Å². The lowest BCUT2D eigenvalue weighted by Gasteiger charge is -2.21. The molecule has 1 aliphatic heterocycles. The van der Waals surface area contributed by atoms with Crippen LogP contribution in [0.25, 0.3) is 11.0 Å². The Hall–Kier alpha value is -2.69. The molecular formula is C19H20N4O. The van der Waals surface area contributed by atoms with E-state index in [1.807, 2.05) is 23.1 Å². The number of benzene rings is 2. The number of H-pyrrole nitrogens is 1. The van der Waals surface area contributed by atoms with E-state index in [1.165, 1.54) is 5.56 Å². The maximum absolute atomic E-state index is 12.8. The number of aromatic amines is 1. The summed E-state index contributed by atoms with van der Waals surface area (Å²) in [5, 5.41) is 10.7. The normalized spacial score (nSPS) is 18.5. The van der Waals surface area contributed by atoms with Crippen molar-refractivity contribution in [2.45, 2.75) is 25.2 Å². The van der Waals surface area contributed by atoms with Crippen LogP contribution in [0.15, 0.2) is 48.5 Å². The number of likely N-dealkylation sites (tertiary alicyclic amines) is 1. The number of nitrogens with one attached hydrogen (secondary N) is 1. The van der Waals surface area contributed by atoms with Crippen LogP contribution in [0.3, 0.4) is 0 Å². The Labute approximate surface area is 140 Å². The minimum absolute atomic E-state index is 0.0913. The van der Waals surface area contributed by atoms with Gasteiger partial charge in [0.2, 0.25) is 0 Å². The molecule has 5 heteroatoms. The van der Waals surface area contributed by atoms with Crippen LogP contribution in [0.1, 0.15) is 41.1 Å². The summed E-state index contributed by atoms with van der Waals surface area (Å²) in [5.41, 5.74) is 3.59. The van der Waals surface area contributed by atoms with Crippen molar-refractivity contribution < 1.29 is 4.79 Å². The number of amides is 1. The van der Waals surface area contributed by atoms with Gasteiger partial charge in [0.05, 0.1) is 0 Å². The van der Waals surface area contributed by atoms with E-state index in [1.54, 1.807) is 0 Å². The first-order valence-corrected chi connectivity index (χ1v) is 8.46. The van der Waals surface area contributed by atoms with Crippen LogP contribution in [-0.2, 0) is 0 Å². The molecule has 1 saturated heterocycles. The Kier molecular flexibility index (Phi) is 3.99. The molecule has 1 aliphatic rings. The highest BCUT2D eigenvalue weighted by atomic mass is 16.2. The van der Waals surface area contributed by atoms with Gasteiger partial charge < -0.3 is 4.90 Å². The molecule has 1 unspecified atom stereocenters. The second-order valence-corrected chi connectivity index (χ2v) is 6.36. The molecule has 1 fully saturated rings. The Bertz CT molecular complexity index is 843. The van der Waals surface area contributed by atoms with Crippen LogP contribution >= 0.6 is 0 Å².